The summed E-state index contributed by atoms with van der Waals surface area (Å²) < 4.78 is 0. The predicted octanol–water partition coefficient (Wildman–Crippen LogP) is 2.93. The van der Waals surface area contributed by atoms with Crippen molar-refractivity contribution in [3.05, 3.63) is 11.9 Å². The van der Waals surface area contributed by atoms with Crippen molar-refractivity contribution in [2.45, 2.75) is 52.0 Å². The maximum atomic E-state index is 4.65. The topological polar surface area (TPSA) is 53.1 Å². The molecule has 1 aliphatic rings. The van der Waals surface area contributed by atoms with E-state index in [-0.39, 0.29) is 0 Å². The molecule has 0 radical (unpaired) electrons. The molecule has 0 bridgehead atoms. The fraction of sp³-hybridized carbons (Fsp3) is 0.750. The van der Waals surface area contributed by atoms with Gasteiger partial charge < -0.3 is 15.5 Å². The van der Waals surface area contributed by atoms with Gasteiger partial charge in [-0.2, -0.15) is 0 Å². The predicted molar refractivity (Wildman–Crippen MR) is 89.0 cm³/mol. The zero-order chi connectivity index (χ0) is 15.2. The first kappa shape index (κ1) is 16.0. The normalized spacial score (nSPS) is 19.2. The maximum Gasteiger partial charge on any atom is 0.135 e. The molecule has 1 saturated heterocycles. The Morgan fingerprint density at radius 1 is 1.29 bits per heavy atom. The lowest BCUT2D eigenvalue weighted by Gasteiger charge is -2.20. The molecule has 21 heavy (non-hydrogen) atoms. The van der Waals surface area contributed by atoms with Crippen LogP contribution in [0, 0.1) is 0 Å². The molecule has 1 aromatic heterocycles. The smallest absolute Gasteiger partial charge is 0.135 e. The van der Waals surface area contributed by atoms with E-state index in [0.29, 0.717) is 12.0 Å². The Balaban J connectivity index is 2.04. The number of likely N-dealkylation sites (N-methyl/N-ethyl adjacent to an activating group) is 1. The summed E-state index contributed by atoms with van der Waals surface area (Å²) in [6, 6.07) is 2.64. The first-order chi connectivity index (χ1) is 10.1. The van der Waals surface area contributed by atoms with Crippen molar-refractivity contribution in [3.63, 3.8) is 0 Å². The molecule has 1 aromatic rings. The van der Waals surface area contributed by atoms with Crippen molar-refractivity contribution in [1.82, 2.24) is 14.9 Å². The Hall–Kier alpha value is -1.36. The van der Waals surface area contributed by atoms with Gasteiger partial charge in [0, 0.05) is 31.1 Å². The van der Waals surface area contributed by atoms with Crippen LogP contribution in [0.3, 0.4) is 0 Å². The molecule has 2 N–H and O–H groups in total. The van der Waals surface area contributed by atoms with Crippen LogP contribution in [-0.2, 0) is 0 Å². The van der Waals surface area contributed by atoms with Crippen molar-refractivity contribution in [1.29, 1.82) is 0 Å². The molecular formula is C16H29N5. The van der Waals surface area contributed by atoms with Crippen LogP contribution < -0.4 is 10.6 Å². The Morgan fingerprint density at radius 3 is 2.57 bits per heavy atom. The van der Waals surface area contributed by atoms with Crippen LogP contribution in [0.5, 0.6) is 0 Å². The van der Waals surface area contributed by atoms with Crippen LogP contribution in [0.1, 0.15) is 51.8 Å². The number of nitrogens with one attached hydrogen (secondary N) is 2. The molecule has 1 unspecified atom stereocenters. The number of anilines is 2. The fourth-order valence-corrected chi connectivity index (χ4v) is 2.62. The maximum absolute atomic E-state index is 4.65. The molecule has 1 atom stereocenters. The lowest BCUT2D eigenvalue weighted by molar-refractivity contribution is 0.322. The molecule has 0 aliphatic carbocycles. The minimum Gasteiger partial charge on any atom is -0.370 e. The summed E-state index contributed by atoms with van der Waals surface area (Å²) >= 11 is 0. The van der Waals surface area contributed by atoms with Gasteiger partial charge in [-0.15, -0.1) is 0 Å². The molecule has 2 rings (SSSR count). The second kappa shape index (κ2) is 7.59. The van der Waals surface area contributed by atoms with Gasteiger partial charge in [-0.1, -0.05) is 20.8 Å². The monoisotopic (exact) mass is 291 g/mol. The lowest BCUT2D eigenvalue weighted by Crippen LogP contribution is -2.31. The molecule has 0 aromatic carbocycles. The number of rotatable bonds is 7. The van der Waals surface area contributed by atoms with Gasteiger partial charge in [0.05, 0.1) is 0 Å². The highest BCUT2D eigenvalue weighted by Crippen LogP contribution is 2.19. The third-order valence-electron chi connectivity index (χ3n) is 4.01. The molecular weight excluding hydrogens is 262 g/mol. The highest BCUT2D eigenvalue weighted by Gasteiger charge is 2.20. The molecule has 1 fully saturated rings. The van der Waals surface area contributed by atoms with E-state index in [0.717, 1.165) is 37.0 Å². The summed E-state index contributed by atoms with van der Waals surface area (Å²) in [4.78, 5) is 11.7. The molecule has 1 aliphatic heterocycles. The van der Waals surface area contributed by atoms with Crippen molar-refractivity contribution in [2.75, 3.05) is 37.3 Å². The summed E-state index contributed by atoms with van der Waals surface area (Å²) in [5, 5.41) is 6.86. The second-order valence-corrected chi connectivity index (χ2v) is 6.24. The number of nitrogens with zero attached hydrogens (tertiary/aromatic N) is 3. The second-order valence-electron chi connectivity index (χ2n) is 6.24. The average Bonchev–Trinajstić information content (AvgIpc) is 2.88. The van der Waals surface area contributed by atoms with Crippen molar-refractivity contribution in [2.24, 2.45) is 0 Å². The van der Waals surface area contributed by atoms with E-state index >= 15 is 0 Å². The first-order valence-electron chi connectivity index (χ1n) is 8.17. The zero-order valence-electron chi connectivity index (χ0n) is 13.8. The van der Waals surface area contributed by atoms with Crippen LogP contribution in [0.25, 0.3) is 0 Å². The zero-order valence-corrected chi connectivity index (χ0v) is 13.8. The van der Waals surface area contributed by atoms with E-state index in [2.05, 4.69) is 53.3 Å². The number of hydrogen-bond donors (Lipinski definition) is 2. The molecule has 2 heterocycles. The Morgan fingerprint density at radius 2 is 2.00 bits per heavy atom. The summed E-state index contributed by atoms with van der Waals surface area (Å²) in [5.41, 5.74) is 0. The van der Waals surface area contributed by atoms with E-state index in [1.165, 1.54) is 19.4 Å². The molecule has 0 spiro atoms. The van der Waals surface area contributed by atoms with Gasteiger partial charge >= 0.3 is 0 Å². The standard InChI is InChI=1S/C16H29N5/c1-5-8-17-14-10-15(20-16(19-14)12(2)3)18-11-13-7-6-9-21(13)4/h10,12-13H,5-9,11H2,1-4H3,(H2,17,18,19,20). The number of likely N-dealkylation sites (tertiary alicyclic amines) is 1. The molecule has 0 amide bonds. The minimum absolute atomic E-state index is 0.336. The van der Waals surface area contributed by atoms with Crippen LogP contribution >= 0.6 is 0 Å². The number of hydrogen-bond acceptors (Lipinski definition) is 5. The Bertz CT molecular complexity index is 446. The molecule has 118 valence electrons. The third-order valence-corrected chi connectivity index (χ3v) is 4.01. The van der Waals surface area contributed by atoms with Crippen LogP contribution in [0.4, 0.5) is 11.6 Å². The van der Waals surface area contributed by atoms with Gasteiger partial charge in [0.2, 0.25) is 0 Å². The summed E-state index contributed by atoms with van der Waals surface area (Å²) in [6.45, 7) is 9.53. The highest BCUT2D eigenvalue weighted by molar-refractivity contribution is 5.48. The van der Waals surface area contributed by atoms with E-state index < -0.39 is 0 Å². The fourth-order valence-electron chi connectivity index (χ4n) is 2.62. The Kier molecular flexibility index (Phi) is 5.79. The minimum atomic E-state index is 0.336. The van der Waals surface area contributed by atoms with E-state index in [1.54, 1.807) is 0 Å². The van der Waals surface area contributed by atoms with Crippen molar-refractivity contribution >= 4 is 11.6 Å². The van der Waals surface area contributed by atoms with Crippen LogP contribution in [-0.4, -0.2) is 47.6 Å². The molecule has 5 heteroatoms. The van der Waals surface area contributed by atoms with E-state index in [9.17, 15) is 0 Å². The van der Waals surface area contributed by atoms with Gasteiger partial charge in [0.1, 0.15) is 17.5 Å². The van der Waals surface area contributed by atoms with Gasteiger partial charge in [-0.05, 0) is 32.9 Å². The average molecular weight is 291 g/mol. The summed E-state index contributed by atoms with van der Waals surface area (Å²) in [7, 11) is 2.20. The first-order valence-corrected chi connectivity index (χ1v) is 8.17. The van der Waals surface area contributed by atoms with Crippen LogP contribution in [0.2, 0.25) is 0 Å². The van der Waals surface area contributed by atoms with Gasteiger partial charge in [0.25, 0.3) is 0 Å². The lowest BCUT2D eigenvalue weighted by atomic mass is 10.2. The van der Waals surface area contributed by atoms with Crippen LogP contribution in [0.15, 0.2) is 6.07 Å². The molecule has 0 saturated carbocycles. The van der Waals surface area contributed by atoms with Crippen molar-refractivity contribution < 1.29 is 0 Å². The summed E-state index contributed by atoms with van der Waals surface area (Å²) in [6.07, 6.45) is 3.66. The Labute approximate surface area is 128 Å². The van der Waals surface area contributed by atoms with Gasteiger partial charge in [-0.3, -0.25) is 0 Å². The third kappa shape index (κ3) is 4.56. The van der Waals surface area contributed by atoms with Gasteiger partial charge in [0.15, 0.2) is 0 Å². The summed E-state index contributed by atoms with van der Waals surface area (Å²) in [5.74, 6) is 3.10. The quantitative estimate of drug-likeness (QED) is 0.809. The van der Waals surface area contributed by atoms with E-state index in [1.807, 2.05) is 6.07 Å². The number of aromatic nitrogens is 2. The van der Waals surface area contributed by atoms with Gasteiger partial charge in [-0.25, -0.2) is 9.97 Å². The van der Waals surface area contributed by atoms with Crippen molar-refractivity contribution in [3.8, 4) is 0 Å². The molecule has 5 nitrogen and oxygen atoms in total. The van der Waals surface area contributed by atoms with E-state index in [4.69, 9.17) is 0 Å². The highest BCUT2D eigenvalue weighted by atomic mass is 15.2. The largest absolute Gasteiger partial charge is 0.370 e. The SMILES string of the molecule is CCCNc1cc(NCC2CCCN2C)nc(C(C)C)n1.